The van der Waals surface area contributed by atoms with Gasteiger partial charge in [0.25, 0.3) is 0 Å². The molecule has 0 atom stereocenters. The summed E-state index contributed by atoms with van der Waals surface area (Å²) in [6.07, 6.45) is 0.997. The van der Waals surface area contributed by atoms with E-state index in [9.17, 15) is 4.79 Å². The topological polar surface area (TPSA) is 22.0 Å². The van der Waals surface area contributed by atoms with Gasteiger partial charge >= 0.3 is 0 Å². The second kappa shape index (κ2) is 4.45. The van der Waals surface area contributed by atoms with Gasteiger partial charge in [0, 0.05) is 22.0 Å². The maximum Gasteiger partial charge on any atom is 0.148 e. The minimum atomic E-state index is 0.662. The van der Waals surface area contributed by atoms with Crippen LogP contribution in [0.2, 0.25) is 0 Å². The van der Waals surface area contributed by atoms with Crippen molar-refractivity contribution in [3.8, 4) is 0 Å². The molecule has 3 aromatic rings. The molecule has 0 N–H and O–H groups in total. The van der Waals surface area contributed by atoms with Crippen molar-refractivity contribution in [1.82, 2.24) is 4.57 Å². The zero-order valence-corrected chi connectivity index (χ0v) is 11.8. The Bertz CT molecular complexity index is 882. The molecule has 0 saturated carbocycles. The molecule has 1 aromatic heterocycles. The highest BCUT2D eigenvalue weighted by atomic mass is 16.1. The van der Waals surface area contributed by atoms with Gasteiger partial charge in [-0.3, -0.25) is 4.79 Å². The first-order valence-corrected chi connectivity index (χ1v) is 7.12. The third kappa shape index (κ3) is 1.76. The van der Waals surface area contributed by atoms with Crippen LogP contribution in [0.25, 0.3) is 16.5 Å². The van der Waals surface area contributed by atoms with Gasteiger partial charge < -0.3 is 4.57 Å². The van der Waals surface area contributed by atoms with Crippen LogP contribution in [0.4, 0.5) is 0 Å². The quantitative estimate of drug-likeness (QED) is 0.648. The van der Waals surface area contributed by atoms with Crippen LogP contribution in [0.5, 0.6) is 0 Å². The van der Waals surface area contributed by atoms with E-state index in [2.05, 4.69) is 54.0 Å². The number of benzene rings is 2. The third-order valence-corrected chi connectivity index (χ3v) is 4.20. The Morgan fingerprint density at radius 2 is 1.81 bits per heavy atom. The van der Waals surface area contributed by atoms with E-state index in [0.717, 1.165) is 28.7 Å². The van der Waals surface area contributed by atoms with Crippen LogP contribution in [0.15, 0.2) is 60.2 Å². The molecule has 0 fully saturated rings. The number of carbonyl (C=O) groups excluding carboxylic acids is 1. The zero-order chi connectivity index (χ0) is 14.4. The van der Waals surface area contributed by atoms with Gasteiger partial charge in [0.05, 0.1) is 12.2 Å². The van der Waals surface area contributed by atoms with Gasteiger partial charge in [0.1, 0.15) is 6.29 Å². The number of carbonyl (C=O) groups is 1. The van der Waals surface area contributed by atoms with Crippen molar-refractivity contribution < 1.29 is 4.79 Å². The molecule has 0 saturated heterocycles. The number of nitrogens with zero attached hydrogens (tertiary/aromatic N) is 1. The predicted molar refractivity (Wildman–Crippen MR) is 85.2 cm³/mol. The Balaban J connectivity index is 1.97. The minimum Gasteiger partial charge on any atom is -0.336 e. The van der Waals surface area contributed by atoms with E-state index in [0.29, 0.717) is 6.54 Å². The number of aryl methyl sites for hydroxylation is 1. The molecular formula is C19H15NO. The highest BCUT2D eigenvalue weighted by Crippen LogP contribution is 2.37. The van der Waals surface area contributed by atoms with Gasteiger partial charge in [0.15, 0.2) is 0 Å². The summed E-state index contributed by atoms with van der Waals surface area (Å²) in [6, 6.07) is 18.9. The maximum absolute atomic E-state index is 11.5. The summed E-state index contributed by atoms with van der Waals surface area (Å²) in [6.45, 7) is 2.74. The number of aromatic nitrogens is 1. The second-order valence-corrected chi connectivity index (χ2v) is 5.56. The zero-order valence-electron chi connectivity index (χ0n) is 11.8. The summed E-state index contributed by atoms with van der Waals surface area (Å²) >= 11 is 0. The normalized spacial score (nSPS) is 13.8. The van der Waals surface area contributed by atoms with E-state index in [4.69, 9.17) is 0 Å². The van der Waals surface area contributed by atoms with Gasteiger partial charge in [-0.15, -0.1) is 0 Å². The Morgan fingerprint density at radius 1 is 1.05 bits per heavy atom. The van der Waals surface area contributed by atoms with Gasteiger partial charge in [0.2, 0.25) is 0 Å². The van der Waals surface area contributed by atoms with Crippen molar-refractivity contribution in [3.63, 3.8) is 0 Å². The lowest BCUT2D eigenvalue weighted by atomic mass is 9.98. The van der Waals surface area contributed by atoms with Crippen LogP contribution < -0.4 is 0 Å². The fourth-order valence-corrected chi connectivity index (χ4v) is 3.15. The monoisotopic (exact) mass is 273 g/mol. The average molecular weight is 273 g/mol. The average Bonchev–Trinajstić information content (AvgIpc) is 3.03. The van der Waals surface area contributed by atoms with Crippen molar-refractivity contribution in [2.24, 2.45) is 0 Å². The van der Waals surface area contributed by atoms with Crippen molar-refractivity contribution in [3.05, 3.63) is 77.0 Å². The maximum atomic E-state index is 11.5. The molecule has 4 rings (SSSR count). The van der Waals surface area contributed by atoms with Crippen LogP contribution in [0, 0.1) is 6.92 Å². The molecule has 1 aliphatic heterocycles. The summed E-state index contributed by atoms with van der Waals surface area (Å²) in [4.78, 5) is 11.5. The largest absolute Gasteiger partial charge is 0.336 e. The molecule has 102 valence electrons. The van der Waals surface area contributed by atoms with Gasteiger partial charge in [-0.25, -0.2) is 0 Å². The van der Waals surface area contributed by atoms with Crippen LogP contribution in [-0.4, -0.2) is 10.9 Å². The number of fused-ring (bicyclic) bond motifs is 3. The fourth-order valence-electron chi connectivity index (χ4n) is 3.15. The summed E-state index contributed by atoms with van der Waals surface area (Å²) < 4.78 is 2.23. The van der Waals surface area contributed by atoms with Gasteiger partial charge in [-0.05, 0) is 24.6 Å². The summed E-state index contributed by atoms with van der Waals surface area (Å²) in [7, 11) is 0. The second-order valence-electron chi connectivity index (χ2n) is 5.56. The van der Waals surface area contributed by atoms with Crippen molar-refractivity contribution in [2.45, 2.75) is 13.5 Å². The van der Waals surface area contributed by atoms with Crippen LogP contribution >= 0.6 is 0 Å². The third-order valence-electron chi connectivity index (χ3n) is 4.20. The smallest absolute Gasteiger partial charge is 0.148 e. The number of aldehydes is 1. The molecule has 2 nitrogen and oxygen atoms in total. The lowest BCUT2D eigenvalue weighted by Gasteiger charge is -2.05. The van der Waals surface area contributed by atoms with E-state index >= 15 is 0 Å². The molecule has 0 radical (unpaired) electrons. The molecule has 2 aromatic carbocycles. The molecule has 0 aliphatic carbocycles. The molecule has 0 spiro atoms. The minimum absolute atomic E-state index is 0.662. The standard InChI is InChI=1S/C19H15NO/c1-13-6-8-14(9-7-13)19-16(12-21)11-20-17-5-3-2-4-15(17)10-18(19)20/h2-10,12H,11H2,1H3. The Kier molecular flexibility index (Phi) is 2.58. The highest BCUT2D eigenvalue weighted by molar-refractivity contribution is 6.00. The first-order valence-electron chi connectivity index (χ1n) is 7.12. The highest BCUT2D eigenvalue weighted by Gasteiger charge is 2.24. The van der Waals surface area contributed by atoms with E-state index in [1.807, 2.05) is 12.1 Å². The first-order chi connectivity index (χ1) is 10.3. The first kappa shape index (κ1) is 12.2. The van der Waals surface area contributed by atoms with Gasteiger partial charge in [-0.1, -0.05) is 48.0 Å². The van der Waals surface area contributed by atoms with Crippen LogP contribution in [0.1, 0.15) is 16.8 Å². The van der Waals surface area contributed by atoms with Gasteiger partial charge in [-0.2, -0.15) is 0 Å². The number of hydrogen-bond donors (Lipinski definition) is 0. The van der Waals surface area contributed by atoms with Crippen LogP contribution in [-0.2, 0) is 11.3 Å². The lowest BCUT2D eigenvalue weighted by Crippen LogP contribution is -1.95. The fraction of sp³-hybridized carbons (Fsp3) is 0.105. The lowest BCUT2D eigenvalue weighted by molar-refractivity contribution is -0.105. The summed E-state index contributed by atoms with van der Waals surface area (Å²) in [5.41, 5.74) is 6.60. The number of allylic oxidation sites excluding steroid dienone is 1. The SMILES string of the molecule is Cc1ccc(C2=C(C=O)Cn3c2cc2ccccc23)cc1. The Hall–Kier alpha value is -2.61. The van der Waals surface area contributed by atoms with E-state index in [1.165, 1.54) is 16.5 Å². The predicted octanol–water partition coefficient (Wildman–Crippen LogP) is 3.96. The Morgan fingerprint density at radius 3 is 2.57 bits per heavy atom. The van der Waals surface area contributed by atoms with Crippen LogP contribution in [0.3, 0.4) is 0 Å². The molecule has 0 amide bonds. The van der Waals surface area contributed by atoms with Crippen molar-refractivity contribution >= 4 is 22.8 Å². The Labute approximate surface area is 123 Å². The van der Waals surface area contributed by atoms with E-state index in [-0.39, 0.29) is 0 Å². The van der Waals surface area contributed by atoms with Crippen molar-refractivity contribution in [1.29, 1.82) is 0 Å². The summed E-state index contributed by atoms with van der Waals surface area (Å²) in [5, 5.41) is 1.22. The molecule has 2 heteroatoms. The summed E-state index contributed by atoms with van der Waals surface area (Å²) in [5.74, 6) is 0. The molecule has 21 heavy (non-hydrogen) atoms. The number of hydrogen-bond acceptors (Lipinski definition) is 1. The molecule has 2 heterocycles. The molecular weight excluding hydrogens is 258 g/mol. The van der Waals surface area contributed by atoms with E-state index < -0.39 is 0 Å². The van der Waals surface area contributed by atoms with E-state index in [1.54, 1.807) is 0 Å². The number of rotatable bonds is 2. The van der Waals surface area contributed by atoms with Crippen molar-refractivity contribution in [2.75, 3.05) is 0 Å². The molecule has 0 bridgehead atoms. The molecule has 1 aliphatic rings. The molecule has 0 unspecified atom stereocenters. The number of para-hydroxylation sites is 1.